The molecule has 1 aliphatic heterocycles. The van der Waals surface area contributed by atoms with Crippen LogP contribution in [0.15, 0.2) is 49.1 Å². The Hall–Kier alpha value is -4.05. The van der Waals surface area contributed by atoms with Crippen molar-refractivity contribution in [1.29, 1.82) is 0 Å². The first kappa shape index (κ1) is 18.9. The normalized spacial score (nSPS) is 14.0. The quantitative estimate of drug-likeness (QED) is 0.460. The van der Waals surface area contributed by atoms with E-state index in [1.54, 1.807) is 0 Å². The number of carbonyl (C=O) groups excluding carboxylic acids is 1. The smallest absolute Gasteiger partial charge is 0.276 e. The highest BCUT2D eigenvalue weighted by atomic mass is 16.5. The molecule has 0 spiro atoms. The third kappa shape index (κ3) is 3.88. The minimum atomic E-state index is -0.364. The van der Waals surface area contributed by atoms with E-state index in [1.165, 1.54) is 12.4 Å². The summed E-state index contributed by atoms with van der Waals surface area (Å²) in [6.07, 6.45) is 6.57. The monoisotopic (exact) mass is 416 g/mol. The maximum atomic E-state index is 12.8. The molecule has 0 radical (unpaired) electrons. The van der Waals surface area contributed by atoms with Gasteiger partial charge in [-0.1, -0.05) is 6.07 Å². The van der Waals surface area contributed by atoms with Gasteiger partial charge in [0.05, 0.1) is 48.7 Å². The molecule has 156 valence electrons. The number of H-pyrrole nitrogens is 1. The van der Waals surface area contributed by atoms with Crippen molar-refractivity contribution < 1.29 is 9.53 Å². The van der Waals surface area contributed by atoms with Crippen LogP contribution in [0.25, 0.3) is 22.0 Å². The average molecular weight is 416 g/mol. The molecular formula is C21H20N8O2. The molecule has 10 heteroatoms. The van der Waals surface area contributed by atoms with E-state index in [0.717, 1.165) is 35.4 Å². The number of rotatable bonds is 4. The molecule has 4 heterocycles. The van der Waals surface area contributed by atoms with Crippen LogP contribution in [0, 0.1) is 0 Å². The molecule has 5 rings (SSSR count). The summed E-state index contributed by atoms with van der Waals surface area (Å²) in [5.74, 6) is -0.224. The van der Waals surface area contributed by atoms with Crippen molar-refractivity contribution in [1.82, 2.24) is 25.1 Å². The van der Waals surface area contributed by atoms with Crippen LogP contribution < -0.4 is 16.0 Å². The van der Waals surface area contributed by atoms with E-state index in [-0.39, 0.29) is 17.5 Å². The molecule has 1 aliphatic rings. The zero-order valence-corrected chi connectivity index (χ0v) is 16.6. The van der Waals surface area contributed by atoms with Gasteiger partial charge in [0.1, 0.15) is 0 Å². The van der Waals surface area contributed by atoms with E-state index < -0.39 is 0 Å². The highest BCUT2D eigenvalue weighted by Crippen LogP contribution is 2.28. The highest BCUT2D eigenvalue weighted by molar-refractivity contribution is 6.11. The van der Waals surface area contributed by atoms with E-state index in [1.807, 2.05) is 30.6 Å². The van der Waals surface area contributed by atoms with Gasteiger partial charge in [-0.3, -0.25) is 14.9 Å². The average Bonchev–Trinajstić information content (AvgIpc) is 3.25. The van der Waals surface area contributed by atoms with Crippen molar-refractivity contribution in [2.45, 2.75) is 0 Å². The summed E-state index contributed by atoms with van der Waals surface area (Å²) in [6.45, 7) is 3.10. The molecule has 1 fully saturated rings. The lowest BCUT2D eigenvalue weighted by atomic mass is 10.0. The number of nitrogen functional groups attached to an aromatic ring is 1. The number of morpholine rings is 1. The van der Waals surface area contributed by atoms with Gasteiger partial charge in [-0.2, -0.15) is 5.10 Å². The number of hydrogen-bond acceptors (Lipinski definition) is 8. The number of benzene rings is 1. The standard InChI is InChI=1S/C21H20N8O2/c22-21-24-10-15(11-25-21)26-20(30)19-17-8-13(1-2-18(17)27-28-19)14-7-16(12-23-9-14)29-3-5-31-6-4-29/h1-2,7-12H,3-6H2,(H,26,30)(H,27,28)(H2,22,24,25). The Labute approximate surface area is 177 Å². The molecule has 0 atom stereocenters. The molecule has 3 aromatic heterocycles. The van der Waals surface area contributed by atoms with E-state index in [2.05, 4.69) is 41.4 Å². The molecule has 1 saturated heterocycles. The van der Waals surface area contributed by atoms with E-state index in [4.69, 9.17) is 10.5 Å². The van der Waals surface area contributed by atoms with Crippen molar-refractivity contribution in [2.75, 3.05) is 42.3 Å². The van der Waals surface area contributed by atoms with Crippen LogP contribution in [-0.4, -0.2) is 57.4 Å². The molecule has 0 unspecified atom stereocenters. The lowest BCUT2D eigenvalue weighted by molar-refractivity contribution is 0.102. The molecule has 31 heavy (non-hydrogen) atoms. The molecular weight excluding hydrogens is 396 g/mol. The summed E-state index contributed by atoms with van der Waals surface area (Å²) in [5, 5.41) is 10.6. The molecule has 1 amide bonds. The van der Waals surface area contributed by atoms with Crippen molar-refractivity contribution in [3.05, 3.63) is 54.7 Å². The number of aromatic nitrogens is 5. The number of nitrogens with zero attached hydrogens (tertiary/aromatic N) is 5. The number of amides is 1. The van der Waals surface area contributed by atoms with Crippen molar-refractivity contribution in [3.8, 4) is 11.1 Å². The number of anilines is 3. The fraction of sp³-hybridized carbons (Fsp3) is 0.190. The van der Waals surface area contributed by atoms with Gasteiger partial charge in [0.25, 0.3) is 5.91 Å². The van der Waals surface area contributed by atoms with Crippen molar-refractivity contribution in [3.63, 3.8) is 0 Å². The molecule has 0 aliphatic carbocycles. The predicted molar refractivity (Wildman–Crippen MR) is 117 cm³/mol. The number of pyridine rings is 1. The summed E-state index contributed by atoms with van der Waals surface area (Å²) in [6, 6.07) is 7.93. The molecule has 4 aromatic rings. The maximum Gasteiger partial charge on any atom is 0.276 e. The topological polar surface area (TPSA) is 135 Å². The lowest BCUT2D eigenvalue weighted by Gasteiger charge is -2.28. The maximum absolute atomic E-state index is 12.8. The van der Waals surface area contributed by atoms with Crippen LogP contribution in [0.3, 0.4) is 0 Å². The Kier molecular flexibility index (Phi) is 4.89. The minimum absolute atomic E-state index is 0.140. The number of aromatic amines is 1. The van der Waals surface area contributed by atoms with Gasteiger partial charge in [0.15, 0.2) is 5.69 Å². The number of nitrogens with two attached hydrogens (primary N) is 1. The summed E-state index contributed by atoms with van der Waals surface area (Å²) < 4.78 is 5.43. The van der Waals surface area contributed by atoms with Gasteiger partial charge in [-0.15, -0.1) is 0 Å². The van der Waals surface area contributed by atoms with Crippen LogP contribution in [0.5, 0.6) is 0 Å². The first-order chi connectivity index (χ1) is 15.2. The van der Waals surface area contributed by atoms with Crippen LogP contribution in [0.4, 0.5) is 17.3 Å². The first-order valence-electron chi connectivity index (χ1n) is 9.82. The summed E-state index contributed by atoms with van der Waals surface area (Å²) in [7, 11) is 0. The van der Waals surface area contributed by atoms with E-state index >= 15 is 0 Å². The Morgan fingerprint density at radius 2 is 1.87 bits per heavy atom. The fourth-order valence-electron chi connectivity index (χ4n) is 3.54. The van der Waals surface area contributed by atoms with Gasteiger partial charge in [-0.25, -0.2) is 9.97 Å². The zero-order chi connectivity index (χ0) is 21.2. The SMILES string of the molecule is Nc1ncc(NC(=O)c2n[nH]c3ccc(-c4cncc(N5CCOCC5)c4)cc23)cn1. The Morgan fingerprint density at radius 1 is 1.06 bits per heavy atom. The minimum Gasteiger partial charge on any atom is -0.378 e. The number of fused-ring (bicyclic) bond motifs is 1. The third-order valence-corrected chi connectivity index (χ3v) is 5.14. The molecule has 0 bridgehead atoms. The van der Waals surface area contributed by atoms with Gasteiger partial charge < -0.3 is 20.7 Å². The van der Waals surface area contributed by atoms with Gasteiger partial charge in [-0.05, 0) is 23.8 Å². The molecule has 1 aromatic carbocycles. The first-order valence-corrected chi connectivity index (χ1v) is 9.82. The van der Waals surface area contributed by atoms with Crippen molar-refractivity contribution in [2.24, 2.45) is 0 Å². The summed E-state index contributed by atoms with van der Waals surface area (Å²) in [5.41, 5.74) is 9.94. The fourth-order valence-corrected chi connectivity index (χ4v) is 3.54. The molecule has 4 N–H and O–H groups in total. The Morgan fingerprint density at radius 3 is 2.68 bits per heavy atom. The second-order valence-corrected chi connectivity index (χ2v) is 7.15. The second-order valence-electron chi connectivity index (χ2n) is 7.15. The molecule has 0 saturated carbocycles. The van der Waals surface area contributed by atoms with E-state index in [9.17, 15) is 4.79 Å². The largest absolute Gasteiger partial charge is 0.378 e. The van der Waals surface area contributed by atoms with Crippen LogP contribution in [0.1, 0.15) is 10.5 Å². The number of nitrogens with one attached hydrogen (secondary N) is 2. The lowest BCUT2D eigenvalue weighted by Crippen LogP contribution is -2.36. The summed E-state index contributed by atoms with van der Waals surface area (Å²) >= 11 is 0. The van der Waals surface area contributed by atoms with Gasteiger partial charge in [0, 0.05) is 30.2 Å². The zero-order valence-electron chi connectivity index (χ0n) is 16.6. The predicted octanol–water partition coefficient (Wildman–Crippen LogP) is 2.09. The Bertz CT molecular complexity index is 1230. The van der Waals surface area contributed by atoms with Crippen LogP contribution >= 0.6 is 0 Å². The van der Waals surface area contributed by atoms with Crippen molar-refractivity contribution >= 4 is 34.1 Å². The van der Waals surface area contributed by atoms with Crippen LogP contribution in [-0.2, 0) is 4.74 Å². The Balaban J connectivity index is 1.45. The number of ether oxygens (including phenoxy) is 1. The summed E-state index contributed by atoms with van der Waals surface area (Å²) in [4.78, 5) is 27.2. The van der Waals surface area contributed by atoms with Crippen LogP contribution in [0.2, 0.25) is 0 Å². The van der Waals surface area contributed by atoms with E-state index in [0.29, 0.717) is 24.3 Å². The number of carbonyl (C=O) groups is 1. The van der Waals surface area contributed by atoms with Gasteiger partial charge in [0.2, 0.25) is 5.95 Å². The third-order valence-electron chi connectivity index (χ3n) is 5.14. The second kappa shape index (κ2) is 8.00. The molecule has 10 nitrogen and oxygen atoms in total. The highest BCUT2D eigenvalue weighted by Gasteiger charge is 2.17. The van der Waals surface area contributed by atoms with Gasteiger partial charge >= 0.3 is 0 Å². The number of hydrogen-bond donors (Lipinski definition) is 3.